The van der Waals surface area contributed by atoms with Crippen LogP contribution in [-0.2, 0) is 6.42 Å². The molecule has 1 heterocycles. The molecule has 0 fully saturated rings. The molecule has 1 aliphatic heterocycles. The first-order valence-corrected chi connectivity index (χ1v) is 7.76. The minimum atomic E-state index is 0.170. The van der Waals surface area contributed by atoms with E-state index in [9.17, 15) is 0 Å². The summed E-state index contributed by atoms with van der Waals surface area (Å²) in [7, 11) is 3.35. The SMILES string of the molecule is COc1cc2c(cc1OC)C(c1ccccc1Br)NCC2. The fraction of sp³-hybridized carbons (Fsp3) is 0.294. The van der Waals surface area contributed by atoms with Crippen LogP contribution in [-0.4, -0.2) is 20.8 Å². The summed E-state index contributed by atoms with van der Waals surface area (Å²) in [6.07, 6.45) is 0.997. The molecule has 2 aromatic rings. The number of nitrogens with one attached hydrogen (secondary N) is 1. The molecule has 1 atom stereocenters. The number of rotatable bonds is 3. The van der Waals surface area contributed by atoms with E-state index in [0.29, 0.717) is 0 Å². The van der Waals surface area contributed by atoms with Crippen molar-refractivity contribution in [3.8, 4) is 11.5 Å². The zero-order chi connectivity index (χ0) is 14.8. The van der Waals surface area contributed by atoms with Gasteiger partial charge in [-0.15, -0.1) is 0 Å². The van der Waals surface area contributed by atoms with Gasteiger partial charge in [-0.3, -0.25) is 0 Å². The molecule has 110 valence electrons. The average Bonchev–Trinajstić information content (AvgIpc) is 2.53. The summed E-state index contributed by atoms with van der Waals surface area (Å²) in [5.41, 5.74) is 3.81. The van der Waals surface area contributed by atoms with Crippen molar-refractivity contribution in [1.82, 2.24) is 5.32 Å². The first-order valence-electron chi connectivity index (χ1n) is 6.97. The number of hydrogen-bond donors (Lipinski definition) is 1. The summed E-state index contributed by atoms with van der Waals surface area (Å²) in [5, 5.41) is 3.59. The smallest absolute Gasteiger partial charge is 0.161 e. The number of benzene rings is 2. The Hall–Kier alpha value is -1.52. The summed E-state index contributed by atoms with van der Waals surface area (Å²) in [5.74, 6) is 1.57. The first kappa shape index (κ1) is 14.4. The van der Waals surface area contributed by atoms with E-state index in [0.717, 1.165) is 28.9 Å². The molecule has 3 rings (SSSR count). The molecule has 0 saturated carbocycles. The zero-order valence-electron chi connectivity index (χ0n) is 12.2. The molecule has 0 saturated heterocycles. The number of halogens is 1. The van der Waals surface area contributed by atoms with Crippen LogP contribution in [0.5, 0.6) is 11.5 Å². The van der Waals surface area contributed by atoms with Crippen LogP contribution in [0.25, 0.3) is 0 Å². The van der Waals surface area contributed by atoms with Gasteiger partial charge in [0.25, 0.3) is 0 Å². The summed E-state index contributed by atoms with van der Waals surface area (Å²) in [4.78, 5) is 0. The van der Waals surface area contributed by atoms with Crippen molar-refractivity contribution in [2.45, 2.75) is 12.5 Å². The van der Waals surface area contributed by atoms with Crippen molar-refractivity contribution >= 4 is 15.9 Å². The summed E-state index contributed by atoms with van der Waals surface area (Å²) in [6.45, 7) is 0.953. The van der Waals surface area contributed by atoms with Crippen LogP contribution in [0.4, 0.5) is 0 Å². The van der Waals surface area contributed by atoms with E-state index in [1.54, 1.807) is 14.2 Å². The van der Waals surface area contributed by atoms with Gasteiger partial charge in [0.1, 0.15) is 0 Å². The Balaban J connectivity index is 2.11. The van der Waals surface area contributed by atoms with Gasteiger partial charge < -0.3 is 14.8 Å². The molecule has 1 aliphatic rings. The predicted octanol–water partition coefficient (Wildman–Crippen LogP) is 3.70. The van der Waals surface area contributed by atoms with Crippen molar-refractivity contribution in [2.24, 2.45) is 0 Å². The normalized spacial score (nSPS) is 17.2. The maximum absolute atomic E-state index is 5.45. The van der Waals surface area contributed by atoms with Crippen molar-refractivity contribution in [3.63, 3.8) is 0 Å². The largest absolute Gasteiger partial charge is 0.493 e. The summed E-state index contributed by atoms with van der Waals surface area (Å²) in [6, 6.07) is 12.7. The lowest BCUT2D eigenvalue weighted by Crippen LogP contribution is -2.30. The minimum Gasteiger partial charge on any atom is -0.493 e. The Morgan fingerprint density at radius 3 is 2.48 bits per heavy atom. The number of fused-ring (bicyclic) bond motifs is 1. The van der Waals surface area contributed by atoms with Gasteiger partial charge in [-0.25, -0.2) is 0 Å². The van der Waals surface area contributed by atoms with Gasteiger partial charge in [-0.1, -0.05) is 34.1 Å². The molecule has 21 heavy (non-hydrogen) atoms. The van der Waals surface area contributed by atoms with E-state index < -0.39 is 0 Å². The molecule has 2 aromatic carbocycles. The predicted molar refractivity (Wildman–Crippen MR) is 87.2 cm³/mol. The van der Waals surface area contributed by atoms with Crippen LogP contribution in [0, 0.1) is 0 Å². The molecular weight excluding hydrogens is 330 g/mol. The second-order valence-corrected chi connectivity index (χ2v) is 5.92. The van der Waals surface area contributed by atoms with Crippen molar-refractivity contribution in [1.29, 1.82) is 0 Å². The highest BCUT2D eigenvalue weighted by molar-refractivity contribution is 9.10. The lowest BCUT2D eigenvalue weighted by atomic mass is 9.89. The maximum Gasteiger partial charge on any atom is 0.161 e. The van der Waals surface area contributed by atoms with Crippen LogP contribution in [0.1, 0.15) is 22.7 Å². The lowest BCUT2D eigenvalue weighted by Gasteiger charge is -2.29. The highest BCUT2D eigenvalue weighted by Gasteiger charge is 2.25. The van der Waals surface area contributed by atoms with Gasteiger partial charge in [-0.05, 0) is 41.3 Å². The molecule has 0 spiro atoms. The molecule has 1 unspecified atom stereocenters. The third-order valence-electron chi connectivity index (χ3n) is 3.92. The van der Waals surface area contributed by atoms with Crippen LogP contribution >= 0.6 is 15.9 Å². The van der Waals surface area contributed by atoms with Gasteiger partial charge in [0.15, 0.2) is 11.5 Å². The fourth-order valence-corrected chi connectivity index (χ4v) is 3.38. The molecule has 0 radical (unpaired) electrons. The van der Waals surface area contributed by atoms with E-state index >= 15 is 0 Å². The Kier molecular flexibility index (Phi) is 4.17. The monoisotopic (exact) mass is 347 g/mol. The molecule has 0 aromatic heterocycles. The second-order valence-electron chi connectivity index (χ2n) is 5.06. The first-order chi connectivity index (χ1) is 10.2. The molecule has 0 aliphatic carbocycles. The Morgan fingerprint density at radius 2 is 1.76 bits per heavy atom. The third-order valence-corrected chi connectivity index (χ3v) is 4.64. The molecule has 0 amide bonds. The Morgan fingerprint density at radius 1 is 1.05 bits per heavy atom. The van der Waals surface area contributed by atoms with Gasteiger partial charge >= 0.3 is 0 Å². The number of ether oxygens (including phenoxy) is 2. The van der Waals surface area contributed by atoms with Crippen molar-refractivity contribution < 1.29 is 9.47 Å². The molecule has 0 bridgehead atoms. The van der Waals surface area contributed by atoms with Crippen LogP contribution in [0.2, 0.25) is 0 Å². The van der Waals surface area contributed by atoms with E-state index in [1.807, 2.05) is 6.07 Å². The van der Waals surface area contributed by atoms with Crippen LogP contribution < -0.4 is 14.8 Å². The maximum atomic E-state index is 5.45. The second kappa shape index (κ2) is 6.08. The highest BCUT2D eigenvalue weighted by atomic mass is 79.9. The number of methoxy groups -OCH3 is 2. The van der Waals surface area contributed by atoms with E-state index in [1.165, 1.54) is 16.7 Å². The molecule has 4 heteroatoms. The van der Waals surface area contributed by atoms with E-state index in [4.69, 9.17) is 9.47 Å². The molecule has 3 nitrogen and oxygen atoms in total. The topological polar surface area (TPSA) is 30.5 Å². The summed E-state index contributed by atoms with van der Waals surface area (Å²) >= 11 is 3.65. The van der Waals surface area contributed by atoms with Crippen LogP contribution in [0.15, 0.2) is 40.9 Å². The Bertz CT molecular complexity index is 657. The molecular formula is C17H18BrNO2. The standard InChI is InChI=1S/C17H18BrNO2/c1-20-15-9-11-7-8-19-17(13(11)10-16(15)21-2)12-5-3-4-6-14(12)18/h3-6,9-10,17,19H,7-8H2,1-2H3. The van der Waals surface area contributed by atoms with Gasteiger partial charge in [0.2, 0.25) is 0 Å². The van der Waals surface area contributed by atoms with Crippen molar-refractivity contribution in [2.75, 3.05) is 20.8 Å². The number of hydrogen-bond acceptors (Lipinski definition) is 3. The fourth-order valence-electron chi connectivity index (χ4n) is 2.87. The quantitative estimate of drug-likeness (QED) is 0.918. The average molecular weight is 348 g/mol. The third kappa shape index (κ3) is 2.65. The van der Waals surface area contributed by atoms with E-state index in [2.05, 4.69) is 51.6 Å². The molecule has 1 N–H and O–H groups in total. The minimum absolute atomic E-state index is 0.170. The zero-order valence-corrected chi connectivity index (χ0v) is 13.7. The summed E-state index contributed by atoms with van der Waals surface area (Å²) < 4.78 is 12.0. The van der Waals surface area contributed by atoms with Gasteiger partial charge in [-0.2, -0.15) is 0 Å². The van der Waals surface area contributed by atoms with Gasteiger partial charge in [0.05, 0.1) is 20.3 Å². The lowest BCUT2D eigenvalue weighted by molar-refractivity contribution is 0.353. The Labute approximate surface area is 133 Å². The highest BCUT2D eigenvalue weighted by Crippen LogP contribution is 2.38. The van der Waals surface area contributed by atoms with Crippen LogP contribution in [0.3, 0.4) is 0 Å². The van der Waals surface area contributed by atoms with E-state index in [-0.39, 0.29) is 6.04 Å². The van der Waals surface area contributed by atoms with Crippen molar-refractivity contribution in [3.05, 3.63) is 57.6 Å². The van der Waals surface area contributed by atoms with Gasteiger partial charge in [0, 0.05) is 11.0 Å².